The molecule has 1 aliphatic heterocycles. The lowest BCUT2D eigenvalue weighted by Crippen LogP contribution is -2.28. The van der Waals surface area contributed by atoms with Crippen molar-refractivity contribution in [3.05, 3.63) is 52.7 Å². The van der Waals surface area contributed by atoms with Crippen LogP contribution in [-0.2, 0) is 19.5 Å². The highest BCUT2D eigenvalue weighted by molar-refractivity contribution is 6.31. The van der Waals surface area contributed by atoms with E-state index in [4.69, 9.17) is 16.6 Å². The molecule has 0 saturated heterocycles. The van der Waals surface area contributed by atoms with Crippen LogP contribution in [0.5, 0.6) is 0 Å². The number of fused-ring (bicyclic) bond motifs is 2. The normalized spacial score (nSPS) is 17.2. The number of aryl methyl sites for hydroxylation is 2. The predicted molar refractivity (Wildman–Crippen MR) is 95.0 cm³/mol. The quantitative estimate of drug-likeness (QED) is 0.786. The smallest absolute Gasteiger partial charge is 0.150 e. The van der Waals surface area contributed by atoms with Crippen LogP contribution in [0.15, 0.2) is 30.5 Å². The Morgan fingerprint density at radius 3 is 3.17 bits per heavy atom. The molecule has 3 aromatic rings. The van der Waals surface area contributed by atoms with Gasteiger partial charge in [0.25, 0.3) is 0 Å². The molecule has 6 heteroatoms. The van der Waals surface area contributed by atoms with Crippen molar-refractivity contribution in [2.75, 3.05) is 0 Å². The molecule has 1 aromatic carbocycles. The number of pyridine rings is 1. The Labute approximate surface area is 146 Å². The molecule has 1 N–H and O–H groups in total. The van der Waals surface area contributed by atoms with Crippen LogP contribution in [0.1, 0.15) is 43.0 Å². The van der Waals surface area contributed by atoms with Gasteiger partial charge >= 0.3 is 0 Å². The van der Waals surface area contributed by atoms with E-state index in [9.17, 15) is 0 Å². The fourth-order valence-electron chi connectivity index (χ4n) is 3.34. The van der Waals surface area contributed by atoms with Gasteiger partial charge in [0, 0.05) is 36.1 Å². The maximum atomic E-state index is 6.27. The van der Waals surface area contributed by atoms with E-state index in [2.05, 4.69) is 22.3 Å². The van der Waals surface area contributed by atoms with Crippen molar-refractivity contribution in [2.24, 2.45) is 0 Å². The summed E-state index contributed by atoms with van der Waals surface area (Å²) >= 11 is 6.27. The minimum Gasteiger partial charge on any atom is -0.303 e. The van der Waals surface area contributed by atoms with Crippen molar-refractivity contribution in [1.82, 2.24) is 25.1 Å². The van der Waals surface area contributed by atoms with Gasteiger partial charge in [-0.05, 0) is 36.6 Å². The molecule has 0 spiro atoms. The number of hydrogen-bond donors (Lipinski definition) is 1. The van der Waals surface area contributed by atoms with E-state index < -0.39 is 0 Å². The Morgan fingerprint density at radius 1 is 1.38 bits per heavy atom. The SMILES string of the molecule is CCc1nc2n(n1)CCC[C@@H]2NCc1cc(Cl)cc2cccnc12. The summed E-state index contributed by atoms with van der Waals surface area (Å²) in [6.07, 6.45) is 4.89. The summed E-state index contributed by atoms with van der Waals surface area (Å²) in [5, 5.41) is 10.0. The number of rotatable bonds is 4. The number of hydrogen-bond acceptors (Lipinski definition) is 4. The zero-order valence-electron chi connectivity index (χ0n) is 13.7. The molecule has 5 nitrogen and oxygen atoms in total. The summed E-state index contributed by atoms with van der Waals surface area (Å²) in [6.45, 7) is 3.77. The highest BCUT2D eigenvalue weighted by Crippen LogP contribution is 2.26. The van der Waals surface area contributed by atoms with Crippen molar-refractivity contribution in [3.63, 3.8) is 0 Å². The average molecular weight is 342 g/mol. The number of halogens is 1. The Morgan fingerprint density at radius 2 is 2.29 bits per heavy atom. The lowest BCUT2D eigenvalue weighted by atomic mass is 10.1. The first-order valence-electron chi connectivity index (χ1n) is 8.44. The highest BCUT2D eigenvalue weighted by Gasteiger charge is 2.23. The van der Waals surface area contributed by atoms with Gasteiger partial charge in [0.15, 0.2) is 5.82 Å². The summed E-state index contributed by atoms with van der Waals surface area (Å²) in [7, 11) is 0. The molecule has 2 aromatic heterocycles. The van der Waals surface area contributed by atoms with Crippen LogP contribution in [0, 0.1) is 0 Å². The Hall–Kier alpha value is -1.98. The number of aromatic nitrogens is 4. The second kappa shape index (κ2) is 6.49. The van der Waals surface area contributed by atoms with Gasteiger partial charge in [-0.3, -0.25) is 4.98 Å². The summed E-state index contributed by atoms with van der Waals surface area (Å²) in [5.41, 5.74) is 2.12. The molecule has 0 unspecified atom stereocenters. The second-order valence-corrected chi connectivity index (χ2v) is 6.62. The van der Waals surface area contributed by atoms with Crippen LogP contribution >= 0.6 is 11.6 Å². The molecule has 4 rings (SSSR count). The third-order valence-electron chi connectivity index (χ3n) is 4.52. The average Bonchev–Trinajstić information content (AvgIpc) is 3.03. The van der Waals surface area contributed by atoms with Crippen molar-refractivity contribution in [2.45, 2.75) is 45.3 Å². The van der Waals surface area contributed by atoms with Gasteiger partial charge in [0.2, 0.25) is 0 Å². The van der Waals surface area contributed by atoms with E-state index in [1.165, 1.54) is 0 Å². The largest absolute Gasteiger partial charge is 0.303 e. The highest BCUT2D eigenvalue weighted by atomic mass is 35.5. The topological polar surface area (TPSA) is 55.6 Å². The molecule has 0 radical (unpaired) electrons. The summed E-state index contributed by atoms with van der Waals surface area (Å²) in [6, 6.07) is 8.16. The molecule has 3 heterocycles. The van der Waals surface area contributed by atoms with Gasteiger partial charge in [0.05, 0.1) is 11.6 Å². The van der Waals surface area contributed by atoms with Crippen molar-refractivity contribution in [3.8, 4) is 0 Å². The molecular formula is C18H20ClN5. The molecule has 0 bridgehead atoms. The van der Waals surface area contributed by atoms with E-state index in [1.807, 2.05) is 35.1 Å². The summed E-state index contributed by atoms with van der Waals surface area (Å²) in [5.74, 6) is 1.98. The third kappa shape index (κ3) is 2.89. The molecule has 124 valence electrons. The van der Waals surface area contributed by atoms with E-state index in [-0.39, 0.29) is 6.04 Å². The summed E-state index contributed by atoms with van der Waals surface area (Å²) < 4.78 is 2.05. The minimum absolute atomic E-state index is 0.226. The first kappa shape index (κ1) is 15.5. The molecule has 0 saturated carbocycles. The summed E-state index contributed by atoms with van der Waals surface area (Å²) in [4.78, 5) is 9.21. The predicted octanol–water partition coefficient (Wildman–Crippen LogP) is 3.67. The van der Waals surface area contributed by atoms with Crippen LogP contribution in [0.25, 0.3) is 10.9 Å². The minimum atomic E-state index is 0.226. The monoisotopic (exact) mass is 341 g/mol. The Balaban J connectivity index is 1.59. The van der Waals surface area contributed by atoms with Gasteiger partial charge in [-0.25, -0.2) is 9.67 Å². The van der Waals surface area contributed by atoms with E-state index in [1.54, 1.807) is 0 Å². The number of benzene rings is 1. The van der Waals surface area contributed by atoms with Gasteiger partial charge in [-0.2, -0.15) is 5.10 Å². The van der Waals surface area contributed by atoms with Crippen molar-refractivity contribution in [1.29, 1.82) is 0 Å². The number of nitrogens with zero attached hydrogens (tertiary/aromatic N) is 4. The van der Waals surface area contributed by atoms with E-state index in [0.29, 0.717) is 6.54 Å². The van der Waals surface area contributed by atoms with Crippen LogP contribution in [0.3, 0.4) is 0 Å². The van der Waals surface area contributed by atoms with Gasteiger partial charge in [-0.15, -0.1) is 0 Å². The molecular weight excluding hydrogens is 322 g/mol. The first-order chi connectivity index (χ1) is 11.7. The number of nitrogens with one attached hydrogen (secondary N) is 1. The maximum Gasteiger partial charge on any atom is 0.150 e. The van der Waals surface area contributed by atoms with Crippen LogP contribution in [0.2, 0.25) is 5.02 Å². The maximum absolute atomic E-state index is 6.27. The first-order valence-corrected chi connectivity index (χ1v) is 8.82. The fourth-order valence-corrected chi connectivity index (χ4v) is 3.59. The van der Waals surface area contributed by atoms with Crippen LogP contribution in [0.4, 0.5) is 0 Å². The Bertz CT molecular complexity index is 873. The van der Waals surface area contributed by atoms with Crippen molar-refractivity contribution >= 4 is 22.5 Å². The standard InChI is InChI=1S/C18H20ClN5/c1-2-16-22-18-15(6-4-8-24(18)23-16)21-11-13-10-14(19)9-12-5-3-7-20-17(12)13/h3,5,7,9-10,15,21H,2,4,6,8,11H2,1H3/t15-/m0/s1. The molecule has 1 atom stereocenters. The van der Waals surface area contributed by atoms with Crippen LogP contribution in [-0.4, -0.2) is 19.7 Å². The van der Waals surface area contributed by atoms with Crippen LogP contribution < -0.4 is 5.32 Å². The second-order valence-electron chi connectivity index (χ2n) is 6.18. The van der Waals surface area contributed by atoms with Gasteiger partial charge < -0.3 is 5.32 Å². The molecule has 0 fully saturated rings. The van der Waals surface area contributed by atoms with Crippen molar-refractivity contribution < 1.29 is 0 Å². The Kier molecular flexibility index (Phi) is 4.21. The fraction of sp³-hybridized carbons (Fsp3) is 0.389. The molecule has 24 heavy (non-hydrogen) atoms. The lowest BCUT2D eigenvalue weighted by molar-refractivity contribution is 0.366. The van der Waals surface area contributed by atoms with Gasteiger partial charge in [0.1, 0.15) is 5.82 Å². The van der Waals surface area contributed by atoms with Gasteiger partial charge in [-0.1, -0.05) is 24.6 Å². The molecule has 0 aliphatic carbocycles. The molecule has 0 amide bonds. The third-order valence-corrected chi connectivity index (χ3v) is 4.74. The molecule has 1 aliphatic rings. The van der Waals surface area contributed by atoms with E-state index >= 15 is 0 Å². The zero-order chi connectivity index (χ0) is 16.5. The van der Waals surface area contributed by atoms with E-state index in [0.717, 1.165) is 58.9 Å². The lowest BCUT2D eigenvalue weighted by Gasteiger charge is -2.23. The zero-order valence-corrected chi connectivity index (χ0v) is 14.4.